The monoisotopic (exact) mass is 415 g/mol. The third-order valence-corrected chi connectivity index (χ3v) is 7.63. The normalized spacial score (nSPS) is 26.5. The minimum Gasteiger partial charge on any atom is -0.378 e. The predicted octanol–water partition coefficient (Wildman–Crippen LogP) is 0.803. The van der Waals surface area contributed by atoms with Crippen LogP contribution in [0, 0.1) is 5.92 Å². The molecule has 3 saturated heterocycles. The van der Waals surface area contributed by atoms with Crippen molar-refractivity contribution < 1.29 is 9.53 Å². The van der Waals surface area contributed by atoms with Crippen molar-refractivity contribution in [2.75, 3.05) is 57.4 Å². The lowest BCUT2D eigenvalue weighted by molar-refractivity contribution is -0.137. The minimum atomic E-state index is -0.0492. The van der Waals surface area contributed by atoms with E-state index in [1.807, 2.05) is 0 Å². The van der Waals surface area contributed by atoms with Crippen molar-refractivity contribution in [3.8, 4) is 0 Å². The summed E-state index contributed by atoms with van der Waals surface area (Å²) in [5, 5.41) is 3.40. The summed E-state index contributed by atoms with van der Waals surface area (Å²) in [5.74, 6) is 1.19. The first kappa shape index (κ1) is 20.0. The summed E-state index contributed by atoms with van der Waals surface area (Å²) < 4.78 is 5.44. The SMILES string of the molecule is O=C(C1CCCNCC1)N1CCC2(CCc3c2nc(N2CCOCC2)[nH]c3=O)CC1. The van der Waals surface area contributed by atoms with Crippen molar-refractivity contribution in [2.45, 2.75) is 50.4 Å². The maximum Gasteiger partial charge on any atom is 0.255 e. The fraction of sp³-hybridized carbons (Fsp3) is 0.773. The van der Waals surface area contributed by atoms with Gasteiger partial charge < -0.3 is 19.9 Å². The zero-order chi connectivity index (χ0) is 20.6. The third-order valence-electron chi connectivity index (χ3n) is 7.63. The Morgan fingerprint density at radius 1 is 1.07 bits per heavy atom. The molecule has 1 unspecified atom stereocenters. The van der Waals surface area contributed by atoms with E-state index in [1.165, 1.54) is 0 Å². The van der Waals surface area contributed by atoms with Crippen LogP contribution in [0.2, 0.25) is 0 Å². The molecule has 2 N–H and O–H groups in total. The summed E-state index contributed by atoms with van der Waals surface area (Å²) in [5.41, 5.74) is 1.83. The molecule has 1 atom stereocenters. The molecule has 3 fully saturated rings. The van der Waals surface area contributed by atoms with Gasteiger partial charge in [-0.25, -0.2) is 4.98 Å². The molecule has 1 amide bonds. The number of hydrogen-bond donors (Lipinski definition) is 2. The van der Waals surface area contributed by atoms with Crippen molar-refractivity contribution in [3.63, 3.8) is 0 Å². The summed E-state index contributed by atoms with van der Waals surface area (Å²) in [4.78, 5) is 38.1. The highest BCUT2D eigenvalue weighted by molar-refractivity contribution is 5.79. The molecule has 8 heteroatoms. The van der Waals surface area contributed by atoms with E-state index in [2.05, 4.69) is 20.1 Å². The minimum absolute atomic E-state index is 0.0165. The highest BCUT2D eigenvalue weighted by Gasteiger charge is 2.45. The van der Waals surface area contributed by atoms with Gasteiger partial charge in [-0.1, -0.05) is 0 Å². The standard InChI is InChI=1S/C22H33N5O3/c28-19-17-3-5-22(18(17)24-21(25-19)27-12-14-30-15-13-27)6-10-26(11-7-22)20(29)16-2-1-8-23-9-4-16/h16,23H,1-15H2,(H,24,25,28). The van der Waals surface area contributed by atoms with Crippen LogP contribution in [0.25, 0.3) is 0 Å². The van der Waals surface area contributed by atoms with E-state index < -0.39 is 0 Å². The molecule has 4 aliphatic rings. The molecule has 0 radical (unpaired) electrons. The molecular weight excluding hydrogens is 382 g/mol. The van der Waals surface area contributed by atoms with Crippen LogP contribution >= 0.6 is 0 Å². The smallest absolute Gasteiger partial charge is 0.255 e. The molecule has 0 bridgehead atoms. The van der Waals surface area contributed by atoms with Crippen LogP contribution in [-0.4, -0.2) is 73.3 Å². The molecule has 4 heterocycles. The number of nitrogens with one attached hydrogen (secondary N) is 2. The quantitative estimate of drug-likeness (QED) is 0.743. The van der Waals surface area contributed by atoms with Gasteiger partial charge in [0.15, 0.2) is 0 Å². The average Bonchev–Trinajstić information content (AvgIpc) is 2.95. The number of H-pyrrole nitrogens is 1. The van der Waals surface area contributed by atoms with Crippen molar-refractivity contribution in [3.05, 3.63) is 21.6 Å². The number of aromatic nitrogens is 2. The molecule has 1 aromatic rings. The molecule has 8 nitrogen and oxygen atoms in total. The molecule has 164 valence electrons. The second kappa shape index (κ2) is 8.30. The van der Waals surface area contributed by atoms with Gasteiger partial charge in [-0.05, 0) is 58.0 Å². The summed E-state index contributed by atoms with van der Waals surface area (Å²) in [6.45, 7) is 6.38. The summed E-state index contributed by atoms with van der Waals surface area (Å²) >= 11 is 0. The van der Waals surface area contributed by atoms with Crippen LogP contribution in [0.15, 0.2) is 4.79 Å². The van der Waals surface area contributed by atoms with Crippen molar-refractivity contribution in [1.82, 2.24) is 20.2 Å². The number of nitrogens with zero attached hydrogens (tertiary/aromatic N) is 3. The lowest BCUT2D eigenvalue weighted by atomic mass is 9.76. The summed E-state index contributed by atoms with van der Waals surface area (Å²) in [6, 6.07) is 0. The van der Waals surface area contributed by atoms with Crippen LogP contribution in [-0.2, 0) is 21.4 Å². The Morgan fingerprint density at radius 3 is 2.67 bits per heavy atom. The number of carbonyl (C=O) groups is 1. The Balaban J connectivity index is 1.32. The van der Waals surface area contributed by atoms with E-state index in [0.717, 1.165) is 95.5 Å². The fourth-order valence-corrected chi connectivity index (χ4v) is 5.73. The number of fused-ring (bicyclic) bond motifs is 2. The number of hydrogen-bond acceptors (Lipinski definition) is 6. The summed E-state index contributed by atoms with van der Waals surface area (Å²) in [7, 11) is 0. The van der Waals surface area contributed by atoms with E-state index in [9.17, 15) is 9.59 Å². The van der Waals surface area contributed by atoms with Crippen molar-refractivity contribution in [2.24, 2.45) is 5.92 Å². The van der Waals surface area contributed by atoms with Crippen molar-refractivity contribution in [1.29, 1.82) is 0 Å². The number of carbonyl (C=O) groups excluding carboxylic acids is 1. The Bertz CT molecular complexity index is 832. The van der Waals surface area contributed by atoms with Gasteiger partial charge in [0, 0.05) is 43.1 Å². The first-order valence-corrected chi connectivity index (χ1v) is 11.6. The van der Waals surface area contributed by atoms with Gasteiger partial charge in [0.1, 0.15) is 0 Å². The van der Waals surface area contributed by atoms with Gasteiger partial charge >= 0.3 is 0 Å². The molecule has 1 aliphatic carbocycles. The Labute approximate surface area is 177 Å². The number of ether oxygens (including phenoxy) is 1. The molecule has 0 aromatic carbocycles. The number of aromatic amines is 1. The van der Waals surface area contributed by atoms with Gasteiger partial charge in [-0.3, -0.25) is 14.6 Å². The Hall–Kier alpha value is -1.93. The highest BCUT2D eigenvalue weighted by Crippen LogP contribution is 2.45. The second-order valence-electron chi connectivity index (χ2n) is 9.30. The van der Waals surface area contributed by atoms with Crippen LogP contribution < -0.4 is 15.8 Å². The van der Waals surface area contributed by atoms with E-state index in [1.54, 1.807) is 0 Å². The summed E-state index contributed by atoms with van der Waals surface area (Å²) in [6.07, 6.45) is 6.62. The zero-order valence-electron chi connectivity index (χ0n) is 17.8. The molecule has 1 spiro atoms. The maximum absolute atomic E-state index is 13.1. The van der Waals surface area contributed by atoms with E-state index >= 15 is 0 Å². The van der Waals surface area contributed by atoms with Crippen molar-refractivity contribution >= 4 is 11.9 Å². The lowest BCUT2D eigenvalue weighted by Crippen LogP contribution is -2.47. The number of rotatable bonds is 2. The van der Waals surface area contributed by atoms with Gasteiger partial charge in [-0.2, -0.15) is 0 Å². The predicted molar refractivity (Wildman–Crippen MR) is 114 cm³/mol. The molecule has 1 aromatic heterocycles. The Morgan fingerprint density at radius 2 is 1.87 bits per heavy atom. The maximum atomic E-state index is 13.1. The third kappa shape index (κ3) is 3.64. The highest BCUT2D eigenvalue weighted by atomic mass is 16.5. The number of morpholine rings is 1. The fourth-order valence-electron chi connectivity index (χ4n) is 5.73. The van der Waals surface area contributed by atoms with E-state index in [-0.39, 0.29) is 16.9 Å². The first-order valence-electron chi connectivity index (χ1n) is 11.6. The largest absolute Gasteiger partial charge is 0.378 e. The van der Waals surface area contributed by atoms with Crippen LogP contribution in [0.5, 0.6) is 0 Å². The number of piperidine rings is 1. The lowest BCUT2D eigenvalue weighted by Gasteiger charge is -2.40. The number of amides is 1. The molecule has 3 aliphatic heterocycles. The topological polar surface area (TPSA) is 90.6 Å². The van der Waals surface area contributed by atoms with Crippen LogP contribution in [0.1, 0.15) is 49.8 Å². The average molecular weight is 416 g/mol. The van der Waals surface area contributed by atoms with E-state index in [4.69, 9.17) is 9.72 Å². The van der Waals surface area contributed by atoms with Crippen LogP contribution in [0.3, 0.4) is 0 Å². The van der Waals surface area contributed by atoms with Crippen LogP contribution in [0.4, 0.5) is 5.95 Å². The Kier molecular flexibility index (Phi) is 5.54. The van der Waals surface area contributed by atoms with E-state index in [0.29, 0.717) is 25.1 Å². The van der Waals surface area contributed by atoms with Gasteiger partial charge in [0.05, 0.1) is 18.9 Å². The molecular formula is C22H33N5O3. The molecule has 0 saturated carbocycles. The number of likely N-dealkylation sites (tertiary alicyclic amines) is 1. The number of anilines is 1. The van der Waals surface area contributed by atoms with Gasteiger partial charge in [0.2, 0.25) is 11.9 Å². The van der Waals surface area contributed by atoms with Gasteiger partial charge in [0.25, 0.3) is 5.56 Å². The second-order valence-corrected chi connectivity index (χ2v) is 9.30. The molecule has 5 rings (SSSR count). The zero-order valence-corrected chi connectivity index (χ0v) is 17.8. The van der Waals surface area contributed by atoms with Gasteiger partial charge in [-0.15, -0.1) is 0 Å². The first-order chi connectivity index (χ1) is 14.7. The molecule has 30 heavy (non-hydrogen) atoms.